The molecule has 0 radical (unpaired) electrons. The summed E-state index contributed by atoms with van der Waals surface area (Å²) in [6.07, 6.45) is -1.57. The molecule has 4 rings (SSSR count). The maximum absolute atomic E-state index is 13.5. The molecule has 48 heavy (non-hydrogen) atoms. The molecule has 12 nitrogen and oxygen atoms in total. The Morgan fingerprint density at radius 2 is 1.67 bits per heavy atom. The van der Waals surface area contributed by atoms with E-state index in [1.165, 1.54) is 17.2 Å². The molecule has 4 aromatic rings. The van der Waals surface area contributed by atoms with Crippen LogP contribution in [0.3, 0.4) is 0 Å². The van der Waals surface area contributed by atoms with Crippen LogP contribution in [0.25, 0.3) is 10.9 Å². The predicted octanol–water partition coefficient (Wildman–Crippen LogP) is 5.10. The second kappa shape index (κ2) is 16.6. The van der Waals surface area contributed by atoms with Gasteiger partial charge in [-0.25, -0.2) is 4.79 Å². The molecule has 0 saturated heterocycles. The quantitative estimate of drug-likeness (QED) is 0.118. The van der Waals surface area contributed by atoms with Crippen molar-refractivity contribution >= 4 is 38.8 Å². The van der Waals surface area contributed by atoms with Crippen molar-refractivity contribution < 1.29 is 36.9 Å². The Morgan fingerprint density at radius 1 is 0.958 bits per heavy atom. The third-order valence-electron chi connectivity index (χ3n) is 7.42. The van der Waals surface area contributed by atoms with Crippen LogP contribution in [0.15, 0.2) is 77.7 Å². The van der Waals surface area contributed by atoms with Gasteiger partial charge in [-0.05, 0) is 68.0 Å². The Morgan fingerprint density at radius 3 is 2.33 bits per heavy atom. The highest BCUT2D eigenvalue weighted by Gasteiger charge is 2.29. The van der Waals surface area contributed by atoms with E-state index < -0.39 is 34.3 Å². The van der Waals surface area contributed by atoms with E-state index in [9.17, 15) is 23.1 Å². The van der Waals surface area contributed by atoms with E-state index in [0.717, 1.165) is 16.7 Å². The van der Waals surface area contributed by atoms with Gasteiger partial charge in [0.05, 0.1) is 30.2 Å². The van der Waals surface area contributed by atoms with Crippen molar-refractivity contribution in [2.75, 3.05) is 31.6 Å². The van der Waals surface area contributed by atoms with Gasteiger partial charge in [-0.2, -0.15) is 17.8 Å². The Balaban J connectivity index is 1.50. The molecule has 0 spiro atoms. The number of anilines is 1. The molecule has 0 saturated carbocycles. The fourth-order valence-corrected chi connectivity index (χ4v) is 6.21. The highest BCUT2D eigenvalue weighted by Crippen LogP contribution is 2.25. The highest BCUT2D eigenvalue weighted by molar-refractivity contribution is 7.86. The van der Waals surface area contributed by atoms with Crippen LogP contribution in [-0.4, -0.2) is 74.0 Å². The van der Waals surface area contributed by atoms with Crippen molar-refractivity contribution in [3.05, 3.63) is 89.5 Å². The largest absolute Gasteiger partial charge is 0.483 e. The normalized spacial score (nSPS) is 13.0. The first-order chi connectivity index (χ1) is 22.8. The van der Waals surface area contributed by atoms with Crippen molar-refractivity contribution in [3.8, 4) is 5.75 Å². The summed E-state index contributed by atoms with van der Waals surface area (Å²) in [5.74, 6) is 0.508. The molecule has 258 valence electrons. The topological polar surface area (TPSA) is 159 Å². The van der Waals surface area contributed by atoms with Crippen LogP contribution in [-0.2, 0) is 30.4 Å². The molecule has 0 fully saturated rings. The average Bonchev–Trinajstić information content (AvgIpc) is 3.42. The fraction of sp³-hybridized carbons (Fsp3) is 0.371. The lowest BCUT2D eigenvalue weighted by molar-refractivity contribution is -0.126. The van der Waals surface area contributed by atoms with Gasteiger partial charge in [0.25, 0.3) is 5.91 Å². The van der Waals surface area contributed by atoms with Gasteiger partial charge in [-0.15, -0.1) is 0 Å². The number of fused-ring (bicyclic) bond motifs is 1. The number of benzene rings is 3. The summed E-state index contributed by atoms with van der Waals surface area (Å²) in [7, 11) is -4.34. The smallest absolute Gasteiger partial charge is 0.412 e. The molecule has 1 aromatic heterocycles. The molecule has 1 heterocycles. The van der Waals surface area contributed by atoms with Gasteiger partial charge in [0.1, 0.15) is 11.6 Å². The van der Waals surface area contributed by atoms with E-state index in [4.69, 9.17) is 13.8 Å². The lowest BCUT2D eigenvalue weighted by atomic mass is 10.0. The Hall–Kier alpha value is -4.43. The highest BCUT2D eigenvalue weighted by atomic mass is 32.2. The van der Waals surface area contributed by atoms with Gasteiger partial charge < -0.3 is 24.9 Å². The summed E-state index contributed by atoms with van der Waals surface area (Å²) in [6, 6.07) is 20.3. The van der Waals surface area contributed by atoms with Gasteiger partial charge in [0.15, 0.2) is 6.61 Å². The number of aryl methyl sites for hydroxylation is 2. The van der Waals surface area contributed by atoms with Crippen molar-refractivity contribution in [2.24, 2.45) is 5.92 Å². The van der Waals surface area contributed by atoms with Gasteiger partial charge >= 0.3 is 16.2 Å². The van der Waals surface area contributed by atoms with Gasteiger partial charge in [-0.3, -0.25) is 10.1 Å². The van der Waals surface area contributed by atoms with Crippen LogP contribution in [0.2, 0.25) is 0 Å². The number of aliphatic hydroxyl groups is 1. The number of amides is 2. The summed E-state index contributed by atoms with van der Waals surface area (Å²) in [5, 5.41) is 18.8. The van der Waals surface area contributed by atoms with Crippen LogP contribution < -0.4 is 15.4 Å². The molecule has 0 aliphatic carbocycles. The first kappa shape index (κ1) is 36.4. The molecule has 13 heteroatoms. The molecule has 3 aromatic carbocycles. The van der Waals surface area contributed by atoms with Crippen molar-refractivity contribution in [3.63, 3.8) is 0 Å². The number of H-pyrrole nitrogens is 1. The van der Waals surface area contributed by atoms with Gasteiger partial charge in [0.2, 0.25) is 0 Å². The number of hydrogen-bond acceptors (Lipinski definition) is 9. The Kier molecular flexibility index (Phi) is 12.6. The summed E-state index contributed by atoms with van der Waals surface area (Å²) in [4.78, 5) is 27.8. The number of aromatic amines is 1. The lowest BCUT2D eigenvalue weighted by Gasteiger charge is -2.30. The van der Waals surface area contributed by atoms with E-state index >= 15 is 0 Å². The second-order valence-corrected chi connectivity index (χ2v) is 13.5. The number of rotatable bonds is 16. The van der Waals surface area contributed by atoms with Crippen LogP contribution in [0.1, 0.15) is 37.5 Å². The molecule has 0 bridgehead atoms. The van der Waals surface area contributed by atoms with Crippen LogP contribution in [0, 0.1) is 19.8 Å². The number of nitrogens with zero attached hydrogens (tertiary/aromatic N) is 1. The van der Waals surface area contributed by atoms with Crippen molar-refractivity contribution in [1.29, 1.82) is 0 Å². The summed E-state index contributed by atoms with van der Waals surface area (Å²) in [6.45, 7) is 9.18. The van der Waals surface area contributed by atoms with E-state index in [1.807, 2.05) is 76.2 Å². The number of carbonyl (C=O) groups excluding carboxylic acids is 2. The fourth-order valence-electron chi connectivity index (χ4n) is 5.23. The van der Waals surface area contributed by atoms with Gasteiger partial charge in [-0.1, -0.05) is 68.4 Å². The van der Waals surface area contributed by atoms with Crippen molar-refractivity contribution in [1.82, 2.24) is 15.4 Å². The number of aliphatic hydroxyl groups excluding tert-OH is 1. The van der Waals surface area contributed by atoms with E-state index in [0.29, 0.717) is 22.5 Å². The zero-order valence-corrected chi connectivity index (χ0v) is 28.7. The molecular formula is C35H44N4O8S. The Bertz CT molecular complexity index is 1770. The SMILES string of the molecule is CCOC(=O)Nc1cc2ccc(S(=O)(=O)ON(CC(C)C)CC(O)C(Cc3ccccc3)NC(=O)COc3c(C)cccc3C)cc2[nH]1. The molecular weight excluding hydrogens is 636 g/mol. The van der Waals surface area contributed by atoms with Gasteiger partial charge in [0, 0.05) is 17.4 Å². The minimum absolute atomic E-state index is 0.0253. The third-order valence-corrected chi connectivity index (χ3v) is 8.66. The molecule has 0 aliphatic heterocycles. The zero-order chi connectivity index (χ0) is 34.8. The number of carbonyl (C=O) groups is 2. The summed E-state index contributed by atoms with van der Waals surface area (Å²) < 4.78 is 43.3. The third kappa shape index (κ3) is 10.3. The lowest BCUT2D eigenvalue weighted by Crippen LogP contribution is -2.51. The number of ether oxygens (including phenoxy) is 2. The molecule has 2 amide bonds. The first-order valence-corrected chi connectivity index (χ1v) is 17.2. The molecule has 4 N–H and O–H groups in total. The first-order valence-electron chi connectivity index (χ1n) is 15.8. The van der Waals surface area contributed by atoms with Crippen molar-refractivity contribution in [2.45, 2.75) is 58.1 Å². The minimum Gasteiger partial charge on any atom is -0.483 e. The van der Waals surface area contributed by atoms with E-state index in [-0.39, 0.29) is 43.5 Å². The number of hydroxylamine groups is 2. The molecule has 0 aliphatic rings. The minimum atomic E-state index is -4.34. The maximum atomic E-state index is 13.5. The zero-order valence-electron chi connectivity index (χ0n) is 27.9. The Labute approximate surface area is 281 Å². The predicted molar refractivity (Wildman–Crippen MR) is 183 cm³/mol. The van der Waals surface area contributed by atoms with Crippen LogP contribution in [0.5, 0.6) is 5.75 Å². The van der Waals surface area contributed by atoms with E-state index in [2.05, 4.69) is 15.6 Å². The van der Waals surface area contributed by atoms with E-state index in [1.54, 1.807) is 19.1 Å². The number of aromatic nitrogens is 1. The number of hydrogen-bond donors (Lipinski definition) is 4. The summed E-state index contributed by atoms with van der Waals surface area (Å²) in [5.41, 5.74) is 3.12. The monoisotopic (exact) mass is 680 g/mol. The molecule has 2 atom stereocenters. The number of para-hydroxylation sites is 1. The van der Waals surface area contributed by atoms with Crippen LogP contribution in [0.4, 0.5) is 10.6 Å². The maximum Gasteiger partial charge on any atom is 0.412 e. The standard InChI is InChI=1S/C35H44N4O8S/c1-6-45-35(42)38-32-18-27-15-16-28(19-29(27)36-32)48(43,44)47-39(20-23(2)3)21-31(40)30(17-26-13-8-7-9-14-26)37-33(41)22-46-34-24(4)11-10-12-25(34)5/h7-16,18-19,23,30-31,36,40H,6,17,20-22H2,1-5H3,(H,37,41)(H,38,42). The number of nitrogens with one attached hydrogen (secondary N) is 3. The second-order valence-electron chi connectivity index (χ2n) is 12.0. The average molecular weight is 681 g/mol. The molecule has 2 unspecified atom stereocenters. The van der Waals surface area contributed by atoms with Crippen LogP contribution >= 0.6 is 0 Å². The summed E-state index contributed by atoms with van der Waals surface area (Å²) >= 11 is 0.